The van der Waals surface area contributed by atoms with Gasteiger partial charge in [0.25, 0.3) is 0 Å². The normalized spacial score (nSPS) is 19.5. The van der Waals surface area contributed by atoms with Gasteiger partial charge in [-0.3, -0.25) is 0 Å². The summed E-state index contributed by atoms with van der Waals surface area (Å²) in [6.45, 7) is 2.45. The van der Waals surface area contributed by atoms with Gasteiger partial charge in [0.2, 0.25) is 0 Å². The Balaban J connectivity index is 0.000000673. The van der Waals surface area contributed by atoms with Gasteiger partial charge in [-0.1, -0.05) is 13.8 Å². The first kappa shape index (κ1) is 31.9. The van der Waals surface area contributed by atoms with Gasteiger partial charge in [-0.25, -0.2) is 19.1 Å². The maximum atomic E-state index is 13.2. The topological polar surface area (TPSA) is 126 Å². The minimum atomic E-state index is -5.08. The molecule has 0 aromatic carbocycles. The molecule has 2 aromatic heterocycles. The number of nitrogens with zero attached hydrogens (tertiary/aromatic N) is 4. The van der Waals surface area contributed by atoms with Crippen molar-refractivity contribution in [3.05, 3.63) is 29.7 Å². The standard InChI is InChI=1S/C19H24F6N6O.C2HF3O2/c1-16(2,18(20,21)22)5-4-12(26)13-9-31-14(28-13)6-11(7-27-31)8-30-10-17(3,19(23,24)25)29-15(30)32;3-2(4,5)1(6)7/h6-7,9,12H,4-5,8,10,26H2,1-3H3,(H,29,32);(H,6,7)/t12-,17+;/m0./s1. The molecule has 4 N–H and O–H groups in total. The number of aliphatic carboxylic acids is 1. The van der Waals surface area contributed by atoms with Crippen LogP contribution in [0.2, 0.25) is 0 Å². The van der Waals surface area contributed by atoms with Gasteiger partial charge in [0.1, 0.15) is 0 Å². The molecule has 0 saturated carbocycles. The third kappa shape index (κ3) is 7.63. The zero-order valence-corrected chi connectivity index (χ0v) is 20.7. The van der Waals surface area contributed by atoms with Crippen LogP contribution < -0.4 is 11.1 Å². The van der Waals surface area contributed by atoms with E-state index in [2.05, 4.69) is 10.1 Å². The van der Waals surface area contributed by atoms with Gasteiger partial charge in [-0.2, -0.15) is 44.6 Å². The Bertz CT molecular complexity index is 1190. The van der Waals surface area contributed by atoms with E-state index < -0.39 is 54.1 Å². The Hall–Kier alpha value is -3.31. The predicted molar refractivity (Wildman–Crippen MR) is 116 cm³/mol. The molecule has 0 aliphatic carbocycles. The van der Waals surface area contributed by atoms with Gasteiger partial charge >= 0.3 is 30.5 Å². The summed E-state index contributed by atoms with van der Waals surface area (Å²) >= 11 is 0. The highest BCUT2D eigenvalue weighted by Crippen LogP contribution is 2.42. The smallest absolute Gasteiger partial charge is 0.475 e. The maximum absolute atomic E-state index is 13.2. The Kier molecular flexibility index (Phi) is 8.75. The van der Waals surface area contributed by atoms with E-state index in [-0.39, 0.29) is 19.4 Å². The summed E-state index contributed by atoms with van der Waals surface area (Å²) < 4.78 is 112. The number of aromatic nitrogens is 3. The molecule has 18 heteroatoms. The number of carboxylic acid groups (broad SMARTS) is 1. The molecule has 2 atom stereocenters. The fraction of sp³-hybridized carbons (Fsp3) is 0.619. The van der Waals surface area contributed by atoms with Crippen molar-refractivity contribution < 1.29 is 54.2 Å². The number of carbonyl (C=O) groups is 2. The van der Waals surface area contributed by atoms with E-state index >= 15 is 0 Å². The molecular formula is C21H25F9N6O3. The highest BCUT2D eigenvalue weighted by Gasteiger charge is 2.57. The number of nitrogens with two attached hydrogens (primary N) is 1. The van der Waals surface area contributed by atoms with Gasteiger partial charge in [-0.05, 0) is 31.4 Å². The van der Waals surface area contributed by atoms with Crippen molar-refractivity contribution in [2.75, 3.05) is 6.54 Å². The summed E-state index contributed by atoms with van der Waals surface area (Å²) in [6, 6.07) is -0.0546. The van der Waals surface area contributed by atoms with Gasteiger partial charge in [0, 0.05) is 12.6 Å². The molecule has 3 rings (SSSR count). The number of imidazole rings is 1. The van der Waals surface area contributed by atoms with Gasteiger partial charge in [-0.15, -0.1) is 0 Å². The third-order valence-electron chi connectivity index (χ3n) is 6.04. The summed E-state index contributed by atoms with van der Waals surface area (Å²) in [5.74, 6) is -2.76. The molecule has 0 bridgehead atoms. The largest absolute Gasteiger partial charge is 0.490 e. The molecule has 0 radical (unpaired) electrons. The lowest BCUT2D eigenvalue weighted by Crippen LogP contribution is -2.53. The number of alkyl halides is 9. The second-order valence-corrected chi connectivity index (χ2v) is 9.78. The molecular weight excluding hydrogens is 555 g/mol. The van der Waals surface area contributed by atoms with Crippen molar-refractivity contribution in [2.45, 2.75) is 70.3 Å². The molecule has 2 amide bonds. The van der Waals surface area contributed by atoms with Crippen molar-refractivity contribution in [1.29, 1.82) is 0 Å². The summed E-state index contributed by atoms with van der Waals surface area (Å²) in [5, 5.41) is 13.2. The van der Waals surface area contributed by atoms with Crippen molar-refractivity contribution >= 4 is 17.6 Å². The number of hydrogen-bond acceptors (Lipinski definition) is 5. The second kappa shape index (κ2) is 10.7. The van der Waals surface area contributed by atoms with Crippen LogP contribution in [0.15, 0.2) is 18.5 Å². The van der Waals surface area contributed by atoms with Crippen LogP contribution in [0.4, 0.5) is 44.3 Å². The summed E-state index contributed by atoms with van der Waals surface area (Å²) in [7, 11) is 0. The molecule has 220 valence electrons. The van der Waals surface area contributed by atoms with E-state index in [4.69, 9.17) is 15.6 Å². The van der Waals surface area contributed by atoms with E-state index in [0.29, 0.717) is 16.9 Å². The van der Waals surface area contributed by atoms with Crippen molar-refractivity contribution in [1.82, 2.24) is 24.8 Å². The third-order valence-corrected chi connectivity index (χ3v) is 6.04. The van der Waals surface area contributed by atoms with Crippen molar-refractivity contribution in [3.63, 3.8) is 0 Å². The molecule has 0 unspecified atom stereocenters. The Morgan fingerprint density at radius 1 is 1.18 bits per heavy atom. The van der Waals surface area contributed by atoms with Crippen LogP contribution >= 0.6 is 0 Å². The Morgan fingerprint density at radius 2 is 1.74 bits per heavy atom. The maximum Gasteiger partial charge on any atom is 0.490 e. The number of nitrogens with one attached hydrogen (secondary N) is 1. The lowest BCUT2D eigenvalue weighted by molar-refractivity contribution is -0.214. The van der Waals surface area contributed by atoms with Crippen LogP contribution in [-0.2, 0) is 11.3 Å². The SMILES string of the molecule is CC(C)(CC[C@H](N)c1cn2ncc(CN3C[C@](C)(C(F)(F)F)NC3=O)cc2n1)C(F)(F)F.O=C(O)C(F)(F)F. The number of halogens is 9. The van der Waals surface area contributed by atoms with E-state index in [1.165, 1.54) is 16.9 Å². The summed E-state index contributed by atoms with van der Waals surface area (Å²) in [6.07, 6.45) is -11.3. The van der Waals surface area contributed by atoms with Crippen molar-refractivity contribution in [3.8, 4) is 0 Å². The number of fused-ring (bicyclic) bond motifs is 1. The molecule has 1 saturated heterocycles. The average molecular weight is 580 g/mol. The molecule has 9 nitrogen and oxygen atoms in total. The van der Waals surface area contributed by atoms with Gasteiger partial charge in [0.05, 0.1) is 30.0 Å². The highest BCUT2D eigenvalue weighted by atomic mass is 19.4. The minimum Gasteiger partial charge on any atom is -0.475 e. The van der Waals surface area contributed by atoms with Gasteiger partial charge in [0.15, 0.2) is 11.2 Å². The highest BCUT2D eigenvalue weighted by molar-refractivity contribution is 5.78. The van der Waals surface area contributed by atoms with Crippen LogP contribution in [-0.4, -0.2) is 67.2 Å². The van der Waals surface area contributed by atoms with Crippen LogP contribution in [0.25, 0.3) is 5.65 Å². The predicted octanol–water partition coefficient (Wildman–Crippen LogP) is 4.58. The zero-order valence-electron chi connectivity index (χ0n) is 20.7. The molecule has 39 heavy (non-hydrogen) atoms. The van der Waals surface area contributed by atoms with Crippen molar-refractivity contribution in [2.24, 2.45) is 11.1 Å². The number of rotatable bonds is 6. The Labute approximate surface area is 215 Å². The zero-order chi connectivity index (χ0) is 30.2. The molecule has 1 fully saturated rings. The van der Waals surface area contributed by atoms with E-state index in [9.17, 15) is 44.3 Å². The van der Waals surface area contributed by atoms with E-state index in [0.717, 1.165) is 25.7 Å². The minimum absolute atomic E-state index is 0.0488. The molecule has 0 spiro atoms. The number of urea groups is 1. The van der Waals surface area contributed by atoms with Crippen LogP contribution in [0.5, 0.6) is 0 Å². The number of carbonyl (C=O) groups excluding carboxylic acids is 1. The molecule has 2 aromatic rings. The first-order chi connectivity index (χ1) is 17.5. The quantitative estimate of drug-likeness (QED) is 0.430. The fourth-order valence-corrected chi connectivity index (χ4v) is 3.32. The monoisotopic (exact) mass is 580 g/mol. The molecule has 1 aliphatic heterocycles. The second-order valence-electron chi connectivity index (χ2n) is 9.78. The summed E-state index contributed by atoms with van der Waals surface area (Å²) in [4.78, 5) is 26.2. The van der Waals surface area contributed by atoms with Crippen LogP contribution in [0, 0.1) is 5.41 Å². The molecule has 1 aliphatic rings. The van der Waals surface area contributed by atoms with Crippen LogP contribution in [0.1, 0.15) is 50.9 Å². The summed E-state index contributed by atoms with van der Waals surface area (Å²) in [5.41, 5.74) is 2.90. The Morgan fingerprint density at radius 3 is 2.21 bits per heavy atom. The first-order valence-corrected chi connectivity index (χ1v) is 11.1. The number of amides is 2. The molecule has 3 heterocycles. The lowest BCUT2D eigenvalue weighted by Gasteiger charge is -2.28. The van der Waals surface area contributed by atoms with E-state index in [1.807, 2.05) is 5.32 Å². The average Bonchev–Trinajstić information content (AvgIpc) is 3.31. The number of carboxylic acids is 1. The lowest BCUT2D eigenvalue weighted by atomic mass is 9.85. The van der Waals surface area contributed by atoms with Gasteiger partial charge < -0.3 is 21.1 Å². The van der Waals surface area contributed by atoms with Crippen LogP contribution in [0.3, 0.4) is 0 Å². The fourth-order valence-electron chi connectivity index (χ4n) is 3.32. The first-order valence-electron chi connectivity index (χ1n) is 11.1. The number of hydrogen-bond donors (Lipinski definition) is 3. The van der Waals surface area contributed by atoms with E-state index in [1.54, 1.807) is 6.07 Å².